The van der Waals surface area contributed by atoms with Gasteiger partial charge in [0.1, 0.15) is 11.3 Å². The highest BCUT2D eigenvalue weighted by atomic mass is 32.2. The van der Waals surface area contributed by atoms with Crippen LogP contribution in [0.2, 0.25) is 0 Å². The molecule has 0 saturated carbocycles. The highest BCUT2D eigenvalue weighted by Gasteiger charge is 2.49. The van der Waals surface area contributed by atoms with Crippen molar-refractivity contribution in [2.24, 2.45) is 0 Å². The summed E-state index contributed by atoms with van der Waals surface area (Å²) in [6.45, 7) is 0. The van der Waals surface area contributed by atoms with Crippen LogP contribution in [0, 0.1) is 0 Å². The first kappa shape index (κ1) is 19.1. The van der Waals surface area contributed by atoms with Crippen molar-refractivity contribution in [1.29, 1.82) is 0 Å². The number of alkyl halides is 3. The van der Waals surface area contributed by atoms with Crippen LogP contribution in [0.3, 0.4) is 0 Å². The first-order valence-electron chi connectivity index (χ1n) is 5.73. The normalized spacial score (nSPS) is 12.3. The van der Waals surface area contributed by atoms with Crippen LogP contribution in [0.5, 0.6) is 5.88 Å². The van der Waals surface area contributed by atoms with Crippen molar-refractivity contribution in [2.75, 3.05) is 21.3 Å². The lowest BCUT2D eigenvalue weighted by Crippen LogP contribution is -2.29. The highest BCUT2D eigenvalue weighted by Crippen LogP contribution is 2.29. The van der Waals surface area contributed by atoms with E-state index in [9.17, 15) is 26.4 Å². The van der Waals surface area contributed by atoms with Gasteiger partial charge in [0.2, 0.25) is 12.2 Å². The number of nitrogens with zero attached hydrogens (tertiary/aromatic N) is 1. The first-order valence-corrected chi connectivity index (χ1v) is 7.13. The maximum Gasteiger partial charge on any atom is 0.534 e. The Morgan fingerprint density at radius 3 is 2.17 bits per heavy atom. The number of hydrogen-bond acceptors (Lipinski definition) is 8. The number of methoxy groups -OCH3 is 3. The summed E-state index contributed by atoms with van der Waals surface area (Å²) in [7, 11) is -2.63. The van der Waals surface area contributed by atoms with Crippen molar-refractivity contribution in [2.45, 2.75) is 11.8 Å². The number of carbonyl (C=O) groups excluding carboxylic acids is 1. The SMILES string of the molecule is COC(=O)c1ccc(C(OC)OC)nc1OS(=O)(=O)C(F)(F)F. The average Bonchev–Trinajstić information content (AvgIpc) is 2.46. The number of halogens is 3. The van der Waals surface area contributed by atoms with E-state index >= 15 is 0 Å². The predicted molar refractivity (Wildman–Crippen MR) is 67.9 cm³/mol. The molecule has 0 aliphatic heterocycles. The van der Waals surface area contributed by atoms with E-state index in [-0.39, 0.29) is 5.69 Å². The second kappa shape index (κ2) is 7.10. The van der Waals surface area contributed by atoms with Gasteiger partial charge in [-0.05, 0) is 12.1 Å². The zero-order chi connectivity index (χ0) is 17.8. The molecule has 0 aliphatic carbocycles. The maximum atomic E-state index is 12.4. The monoisotopic (exact) mass is 359 g/mol. The lowest BCUT2D eigenvalue weighted by Gasteiger charge is -2.16. The molecule has 0 N–H and O–H groups in total. The summed E-state index contributed by atoms with van der Waals surface area (Å²) in [5.41, 5.74) is -6.43. The van der Waals surface area contributed by atoms with Gasteiger partial charge in [0, 0.05) is 14.2 Å². The lowest BCUT2D eigenvalue weighted by molar-refractivity contribution is -0.108. The van der Waals surface area contributed by atoms with Crippen LogP contribution in [-0.4, -0.2) is 46.2 Å². The first-order chi connectivity index (χ1) is 10.6. The number of rotatable bonds is 6. The number of aromatic nitrogens is 1. The Hall–Kier alpha value is -1.92. The quantitative estimate of drug-likeness (QED) is 0.325. The van der Waals surface area contributed by atoms with Crippen molar-refractivity contribution in [3.63, 3.8) is 0 Å². The Bertz CT molecular complexity index is 671. The van der Waals surface area contributed by atoms with Crippen LogP contribution in [0.4, 0.5) is 13.2 Å². The van der Waals surface area contributed by atoms with Gasteiger partial charge in [0.05, 0.1) is 7.11 Å². The molecular weight excluding hydrogens is 347 g/mol. The zero-order valence-corrected chi connectivity index (χ0v) is 12.9. The predicted octanol–water partition coefficient (Wildman–Crippen LogP) is 1.39. The summed E-state index contributed by atoms with van der Waals surface area (Å²) in [6, 6.07) is 2.15. The van der Waals surface area contributed by atoms with E-state index < -0.39 is 39.3 Å². The molecule has 0 atom stereocenters. The standard InChI is InChI=1S/C11H12F3NO7S/c1-19-9(16)6-4-5-7(10(20-2)21-3)15-8(6)22-23(17,18)11(12,13)14/h4-5,10H,1-3H3. The van der Waals surface area contributed by atoms with Gasteiger partial charge >= 0.3 is 21.6 Å². The number of ether oxygens (including phenoxy) is 3. The summed E-state index contributed by atoms with van der Waals surface area (Å²) in [5, 5.41) is 0. The zero-order valence-electron chi connectivity index (χ0n) is 12.1. The Kier molecular flexibility index (Phi) is 5.91. The molecule has 0 unspecified atom stereocenters. The summed E-state index contributed by atoms with van der Waals surface area (Å²) >= 11 is 0. The third-order valence-corrected chi connectivity index (χ3v) is 3.37. The largest absolute Gasteiger partial charge is 0.534 e. The Morgan fingerprint density at radius 1 is 1.17 bits per heavy atom. The van der Waals surface area contributed by atoms with Crippen molar-refractivity contribution < 1.29 is 44.8 Å². The summed E-state index contributed by atoms with van der Waals surface area (Å²) in [4.78, 5) is 15.0. The molecule has 1 heterocycles. The molecule has 23 heavy (non-hydrogen) atoms. The fraction of sp³-hybridized carbons (Fsp3) is 0.455. The minimum atomic E-state index is -6.02. The van der Waals surface area contributed by atoms with Crippen LogP contribution in [0.15, 0.2) is 12.1 Å². The molecule has 0 radical (unpaired) electrons. The third kappa shape index (κ3) is 4.30. The van der Waals surface area contributed by atoms with Gasteiger partial charge in [0.25, 0.3) is 0 Å². The van der Waals surface area contributed by atoms with E-state index in [2.05, 4.69) is 13.9 Å². The number of pyridine rings is 1. The van der Waals surface area contributed by atoms with E-state index in [0.29, 0.717) is 0 Å². The maximum absolute atomic E-state index is 12.4. The molecule has 1 rings (SSSR count). The fourth-order valence-electron chi connectivity index (χ4n) is 1.40. The minimum absolute atomic E-state index is 0.116. The van der Waals surface area contributed by atoms with Gasteiger partial charge in [-0.15, -0.1) is 0 Å². The Morgan fingerprint density at radius 2 is 1.74 bits per heavy atom. The molecular formula is C11H12F3NO7S. The van der Waals surface area contributed by atoms with E-state index in [1.807, 2.05) is 0 Å². The third-order valence-electron chi connectivity index (χ3n) is 2.43. The molecule has 0 fully saturated rings. The van der Waals surface area contributed by atoms with Crippen molar-refractivity contribution in [1.82, 2.24) is 4.98 Å². The molecule has 0 aromatic carbocycles. The Labute approximate surface area is 129 Å². The average molecular weight is 359 g/mol. The van der Waals surface area contributed by atoms with E-state index in [4.69, 9.17) is 9.47 Å². The Balaban J connectivity index is 3.40. The van der Waals surface area contributed by atoms with Crippen molar-refractivity contribution in [3.8, 4) is 5.88 Å². The second-order valence-electron chi connectivity index (χ2n) is 3.87. The minimum Gasteiger partial charge on any atom is -0.465 e. The molecule has 0 aliphatic rings. The molecule has 1 aromatic rings. The van der Waals surface area contributed by atoms with Crippen LogP contribution >= 0.6 is 0 Å². The van der Waals surface area contributed by atoms with E-state index in [1.165, 1.54) is 20.3 Å². The molecule has 0 amide bonds. The van der Waals surface area contributed by atoms with Gasteiger partial charge in [-0.2, -0.15) is 21.6 Å². The van der Waals surface area contributed by atoms with Gasteiger partial charge in [-0.3, -0.25) is 0 Å². The molecule has 12 heteroatoms. The highest BCUT2D eigenvalue weighted by molar-refractivity contribution is 7.87. The van der Waals surface area contributed by atoms with Crippen LogP contribution in [0.1, 0.15) is 22.3 Å². The van der Waals surface area contributed by atoms with Crippen LogP contribution in [0.25, 0.3) is 0 Å². The van der Waals surface area contributed by atoms with Crippen molar-refractivity contribution >= 4 is 16.1 Å². The topological polar surface area (TPSA) is 101 Å². The lowest BCUT2D eigenvalue weighted by atomic mass is 10.2. The molecule has 1 aromatic heterocycles. The second-order valence-corrected chi connectivity index (χ2v) is 5.40. The van der Waals surface area contributed by atoms with Crippen LogP contribution < -0.4 is 4.18 Å². The summed E-state index contributed by atoms with van der Waals surface area (Å²) in [5.74, 6) is -2.24. The smallest absolute Gasteiger partial charge is 0.465 e. The van der Waals surface area contributed by atoms with E-state index in [0.717, 1.165) is 13.2 Å². The summed E-state index contributed by atoms with van der Waals surface area (Å²) < 4.78 is 77.4. The molecule has 0 saturated heterocycles. The molecule has 0 spiro atoms. The van der Waals surface area contributed by atoms with E-state index in [1.54, 1.807) is 0 Å². The fourth-order valence-corrected chi connectivity index (χ4v) is 1.83. The summed E-state index contributed by atoms with van der Waals surface area (Å²) in [6.07, 6.45) is -1.11. The molecule has 0 bridgehead atoms. The van der Waals surface area contributed by atoms with Gasteiger partial charge < -0.3 is 18.4 Å². The number of hydrogen-bond donors (Lipinski definition) is 0. The number of esters is 1. The van der Waals surface area contributed by atoms with Crippen LogP contribution in [-0.2, 0) is 24.3 Å². The molecule has 8 nitrogen and oxygen atoms in total. The van der Waals surface area contributed by atoms with Gasteiger partial charge in [0.15, 0.2) is 0 Å². The van der Waals surface area contributed by atoms with Crippen molar-refractivity contribution in [3.05, 3.63) is 23.4 Å². The number of carbonyl (C=O) groups is 1. The molecule has 130 valence electrons. The van der Waals surface area contributed by atoms with Gasteiger partial charge in [-0.1, -0.05) is 0 Å². The van der Waals surface area contributed by atoms with Gasteiger partial charge in [-0.25, -0.2) is 9.78 Å².